The molecule has 0 aromatic heterocycles. The van der Waals surface area contributed by atoms with Gasteiger partial charge in [-0.15, -0.1) is 6.58 Å². The number of rotatable bonds is 3. The Labute approximate surface area is 79.4 Å². The van der Waals surface area contributed by atoms with Crippen LogP contribution in [0.15, 0.2) is 17.8 Å². The van der Waals surface area contributed by atoms with Crippen LogP contribution < -0.4 is 0 Å². The molecule has 72 valence electrons. The lowest BCUT2D eigenvalue weighted by Gasteiger charge is -2.45. The molecular weight excluding hydrogens is 162 g/mol. The summed E-state index contributed by atoms with van der Waals surface area (Å²) in [5, 5.41) is 3.33. The fourth-order valence-electron chi connectivity index (χ4n) is 3.23. The number of nitroso groups, excluding NO2 is 1. The summed E-state index contributed by atoms with van der Waals surface area (Å²) in [6.45, 7) is 3.76. The van der Waals surface area contributed by atoms with Gasteiger partial charge in [-0.3, -0.25) is 0 Å². The van der Waals surface area contributed by atoms with Gasteiger partial charge < -0.3 is 0 Å². The van der Waals surface area contributed by atoms with Gasteiger partial charge in [0.05, 0.1) is 6.04 Å². The molecule has 13 heavy (non-hydrogen) atoms. The minimum atomic E-state index is 0.102. The Morgan fingerprint density at radius 2 is 1.85 bits per heavy atom. The zero-order valence-electron chi connectivity index (χ0n) is 7.98. The maximum Gasteiger partial charge on any atom is 0.0981 e. The third kappa shape index (κ3) is 1.43. The van der Waals surface area contributed by atoms with Crippen molar-refractivity contribution in [3.05, 3.63) is 17.6 Å². The third-order valence-corrected chi connectivity index (χ3v) is 3.90. The van der Waals surface area contributed by atoms with Crippen molar-refractivity contribution >= 4 is 0 Å². The van der Waals surface area contributed by atoms with Crippen LogP contribution >= 0.6 is 0 Å². The molecule has 3 saturated carbocycles. The number of allylic oxidation sites excluding steroid dienone is 1. The lowest BCUT2D eigenvalue weighted by atomic mass is 9.61. The molecule has 3 fully saturated rings. The van der Waals surface area contributed by atoms with E-state index in [2.05, 4.69) is 11.8 Å². The Morgan fingerprint density at radius 1 is 1.23 bits per heavy atom. The number of fused-ring (bicyclic) bond motifs is 3. The summed E-state index contributed by atoms with van der Waals surface area (Å²) in [5.41, 5.74) is 0. The molecule has 3 aliphatic rings. The SMILES string of the molecule is C=CCC1C2CCC(CC2)C1N=O. The van der Waals surface area contributed by atoms with Crippen LogP contribution in [-0.2, 0) is 0 Å². The van der Waals surface area contributed by atoms with Crippen LogP contribution in [0.1, 0.15) is 32.1 Å². The second kappa shape index (κ2) is 3.60. The van der Waals surface area contributed by atoms with E-state index in [1.54, 1.807) is 0 Å². The first-order valence-corrected chi connectivity index (χ1v) is 5.30. The smallest absolute Gasteiger partial charge is 0.0981 e. The summed E-state index contributed by atoms with van der Waals surface area (Å²) >= 11 is 0. The Morgan fingerprint density at radius 3 is 2.38 bits per heavy atom. The minimum Gasteiger partial charge on any atom is -0.150 e. The van der Waals surface area contributed by atoms with Gasteiger partial charge in [-0.25, -0.2) is 0 Å². The van der Waals surface area contributed by atoms with E-state index < -0.39 is 0 Å². The van der Waals surface area contributed by atoms with E-state index in [4.69, 9.17) is 0 Å². The molecule has 2 unspecified atom stereocenters. The molecule has 0 saturated heterocycles. The van der Waals surface area contributed by atoms with Crippen LogP contribution in [0.4, 0.5) is 0 Å². The fraction of sp³-hybridized carbons (Fsp3) is 0.818. The van der Waals surface area contributed by atoms with E-state index in [1.807, 2.05) is 6.08 Å². The fourth-order valence-corrected chi connectivity index (χ4v) is 3.23. The molecule has 0 radical (unpaired) electrons. The quantitative estimate of drug-likeness (QED) is 0.483. The van der Waals surface area contributed by atoms with Crippen LogP contribution in [-0.4, -0.2) is 6.04 Å². The Hall–Kier alpha value is -0.660. The Bertz CT molecular complexity index is 206. The van der Waals surface area contributed by atoms with E-state index in [0.717, 1.165) is 12.3 Å². The van der Waals surface area contributed by atoms with Gasteiger partial charge in [0.25, 0.3) is 0 Å². The molecule has 0 amide bonds. The summed E-state index contributed by atoms with van der Waals surface area (Å²) in [4.78, 5) is 10.8. The predicted molar refractivity (Wildman–Crippen MR) is 53.3 cm³/mol. The molecule has 0 N–H and O–H groups in total. The van der Waals surface area contributed by atoms with Crippen LogP contribution in [0.3, 0.4) is 0 Å². The van der Waals surface area contributed by atoms with Crippen molar-refractivity contribution in [2.24, 2.45) is 22.9 Å². The molecule has 2 nitrogen and oxygen atoms in total. The molecule has 0 aromatic carbocycles. The lowest BCUT2D eigenvalue weighted by Crippen LogP contribution is -2.42. The lowest BCUT2D eigenvalue weighted by molar-refractivity contribution is 0.0735. The van der Waals surface area contributed by atoms with E-state index in [9.17, 15) is 4.91 Å². The van der Waals surface area contributed by atoms with Crippen molar-refractivity contribution in [1.29, 1.82) is 0 Å². The van der Waals surface area contributed by atoms with Crippen LogP contribution in [0, 0.1) is 22.7 Å². The van der Waals surface area contributed by atoms with E-state index in [0.29, 0.717) is 11.8 Å². The molecule has 0 aromatic rings. The average molecular weight is 179 g/mol. The Balaban J connectivity index is 2.13. The van der Waals surface area contributed by atoms with Crippen molar-refractivity contribution in [1.82, 2.24) is 0 Å². The van der Waals surface area contributed by atoms with Gasteiger partial charge in [-0.2, -0.15) is 4.91 Å². The molecule has 2 atom stereocenters. The molecule has 3 aliphatic carbocycles. The number of hydrogen-bond donors (Lipinski definition) is 0. The first kappa shape index (κ1) is 8.92. The summed E-state index contributed by atoms with van der Waals surface area (Å²) in [5.74, 6) is 1.86. The maximum absolute atomic E-state index is 10.8. The van der Waals surface area contributed by atoms with E-state index in [-0.39, 0.29) is 6.04 Å². The van der Waals surface area contributed by atoms with Gasteiger partial charge in [-0.1, -0.05) is 11.3 Å². The highest BCUT2D eigenvalue weighted by Crippen LogP contribution is 2.47. The summed E-state index contributed by atoms with van der Waals surface area (Å²) < 4.78 is 0. The largest absolute Gasteiger partial charge is 0.150 e. The highest BCUT2D eigenvalue weighted by Gasteiger charge is 2.43. The van der Waals surface area contributed by atoms with Crippen molar-refractivity contribution in [2.75, 3.05) is 0 Å². The third-order valence-electron chi connectivity index (χ3n) is 3.90. The topological polar surface area (TPSA) is 29.4 Å². The highest BCUT2D eigenvalue weighted by molar-refractivity contribution is 4.98. The molecule has 0 heterocycles. The normalized spacial score (nSPS) is 43.1. The van der Waals surface area contributed by atoms with Gasteiger partial charge >= 0.3 is 0 Å². The highest BCUT2D eigenvalue weighted by atomic mass is 16.3. The zero-order chi connectivity index (χ0) is 9.26. The van der Waals surface area contributed by atoms with E-state index in [1.165, 1.54) is 25.7 Å². The zero-order valence-corrected chi connectivity index (χ0v) is 7.98. The second-order valence-corrected chi connectivity index (χ2v) is 4.46. The minimum absolute atomic E-state index is 0.102. The Kier molecular flexibility index (Phi) is 2.47. The molecule has 3 rings (SSSR count). The predicted octanol–water partition coefficient (Wildman–Crippen LogP) is 3.13. The van der Waals surface area contributed by atoms with Crippen molar-refractivity contribution in [3.8, 4) is 0 Å². The molecule has 0 aliphatic heterocycles. The summed E-state index contributed by atoms with van der Waals surface area (Å²) in [7, 11) is 0. The van der Waals surface area contributed by atoms with Crippen molar-refractivity contribution in [2.45, 2.75) is 38.1 Å². The van der Waals surface area contributed by atoms with Crippen molar-refractivity contribution in [3.63, 3.8) is 0 Å². The molecule has 0 spiro atoms. The monoisotopic (exact) mass is 179 g/mol. The van der Waals surface area contributed by atoms with Crippen LogP contribution in [0.25, 0.3) is 0 Å². The molecular formula is C11H17NO. The second-order valence-electron chi connectivity index (χ2n) is 4.46. The van der Waals surface area contributed by atoms with Gasteiger partial charge in [0.15, 0.2) is 0 Å². The first-order valence-electron chi connectivity index (χ1n) is 5.30. The van der Waals surface area contributed by atoms with Crippen LogP contribution in [0.5, 0.6) is 0 Å². The number of nitrogens with zero attached hydrogens (tertiary/aromatic N) is 1. The van der Waals surface area contributed by atoms with E-state index >= 15 is 0 Å². The van der Waals surface area contributed by atoms with Gasteiger partial charge in [0.1, 0.15) is 0 Å². The standard InChI is InChI=1S/C11H17NO/c1-2-3-10-8-4-6-9(7-5-8)11(10)12-13/h2,8-11H,1,3-7H2. The molecule has 2 bridgehead atoms. The summed E-state index contributed by atoms with van der Waals surface area (Å²) in [6, 6.07) is 0.102. The first-order chi connectivity index (χ1) is 6.36. The molecule has 2 heteroatoms. The summed E-state index contributed by atoms with van der Waals surface area (Å²) in [6.07, 6.45) is 8.02. The van der Waals surface area contributed by atoms with Crippen molar-refractivity contribution < 1.29 is 0 Å². The average Bonchev–Trinajstić information content (AvgIpc) is 2.20. The van der Waals surface area contributed by atoms with Gasteiger partial charge in [0.2, 0.25) is 0 Å². The van der Waals surface area contributed by atoms with Crippen LogP contribution in [0.2, 0.25) is 0 Å². The maximum atomic E-state index is 10.8. The van der Waals surface area contributed by atoms with Gasteiger partial charge in [-0.05, 0) is 49.9 Å². The number of hydrogen-bond acceptors (Lipinski definition) is 2. The van der Waals surface area contributed by atoms with Gasteiger partial charge in [0, 0.05) is 0 Å².